The van der Waals surface area contributed by atoms with Crippen molar-refractivity contribution in [1.29, 1.82) is 0 Å². The van der Waals surface area contributed by atoms with Gasteiger partial charge in [0.15, 0.2) is 0 Å². The van der Waals surface area contributed by atoms with E-state index in [1.165, 1.54) is 0 Å². The Morgan fingerprint density at radius 1 is 1.45 bits per heavy atom. The van der Waals surface area contributed by atoms with E-state index in [4.69, 9.17) is 14.7 Å². The number of nitrogens with one attached hydrogen (secondary N) is 1. The first-order chi connectivity index (χ1) is 10.5. The molecule has 1 amide bonds. The van der Waals surface area contributed by atoms with Gasteiger partial charge < -0.3 is 20.0 Å². The van der Waals surface area contributed by atoms with Gasteiger partial charge in [-0.15, -0.1) is 0 Å². The first kappa shape index (κ1) is 16.3. The number of benzene rings is 1. The number of halogens is 1. The lowest BCUT2D eigenvalue weighted by Crippen LogP contribution is -2.43. The van der Waals surface area contributed by atoms with Crippen LogP contribution in [0.2, 0.25) is 0 Å². The first-order valence-corrected chi connectivity index (χ1v) is 7.42. The molecule has 1 unspecified atom stereocenters. The lowest BCUT2D eigenvalue weighted by Gasteiger charge is -2.17. The number of carboxylic acid groups (broad SMARTS) is 1. The fourth-order valence-corrected chi connectivity index (χ4v) is 2.36. The molecular weight excluding hydrogens is 356 g/mol. The highest BCUT2D eigenvalue weighted by molar-refractivity contribution is 9.18. The monoisotopic (exact) mass is 370 g/mol. The Morgan fingerprint density at radius 2 is 2.18 bits per heavy atom. The second-order valence-electron chi connectivity index (χ2n) is 4.73. The van der Waals surface area contributed by atoms with Crippen molar-refractivity contribution in [3.8, 4) is 0 Å². The van der Waals surface area contributed by atoms with Gasteiger partial charge in [0, 0.05) is 12.8 Å². The average Bonchev–Trinajstić information content (AvgIpc) is 2.91. The Morgan fingerprint density at radius 3 is 2.77 bits per heavy atom. The molecule has 0 fully saturated rings. The van der Waals surface area contributed by atoms with Crippen molar-refractivity contribution in [2.24, 2.45) is 5.16 Å². The summed E-state index contributed by atoms with van der Waals surface area (Å²) in [6, 6.07) is 8.03. The third kappa shape index (κ3) is 5.03. The highest BCUT2D eigenvalue weighted by Gasteiger charge is 2.29. The van der Waals surface area contributed by atoms with Gasteiger partial charge in [0.05, 0.1) is 0 Å². The van der Waals surface area contributed by atoms with Crippen molar-refractivity contribution in [3.05, 3.63) is 35.9 Å². The van der Waals surface area contributed by atoms with E-state index in [0.717, 1.165) is 5.56 Å². The predicted molar refractivity (Wildman–Crippen MR) is 81.7 cm³/mol. The summed E-state index contributed by atoms with van der Waals surface area (Å²) in [7, 11) is 0. The zero-order valence-corrected chi connectivity index (χ0v) is 13.2. The van der Waals surface area contributed by atoms with Gasteiger partial charge in [0.2, 0.25) is 0 Å². The molecule has 2 atom stereocenters. The largest absolute Gasteiger partial charge is 0.480 e. The van der Waals surface area contributed by atoms with Crippen LogP contribution in [-0.2, 0) is 21.0 Å². The maximum atomic E-state index is 11.7. The molecule has 1 aromatic carbocycles. The van der Waals surface area contributed by atoms with Gasteiger partial charge in [-0.2, -0.15) is 0 Å². The number of ether oxygens (including phenoxy) is 1. The number of nitrogens with zero attached hydrogens (tertiary/aromatic N) is 1. The summed E-state index contributed by atoms with van der Waals surface area (Å²) in [6.45, 7) is 0.0770. The molecule has 1 aliphatic heterocycles. The molecule has 118 valence electrons. The van der Waals surface area contributed by atoms with Crippen LogP contribution in [0.3, 0.4) is 0 Å². The molecule has 0 saturated carbocycles. The lowest BCUT2D eigenvalue weighted by molar-refractivity contribution is -0.140. The number of amides is 1. The Balaban J connectivity index is 1.80. The smallest absolute Gasteiger partial charge is 0.408 e. The van der Waals surface area contributed by atoms with Crippen LogP contribution in [0.15, 0.2) is 35.5 Å². The van der Waals surface area contributed by atoms with E-state index in [1.807, 2.05) is 30.3 Å². The van der Waals surface area contributed by atoms with Gasteiger partial charge in [-0.3, -0.25) is 0 Å². The van der Waals surface area contributed by atoms with Crippen molar-refractivity contribution in [1.82, 2.24) is 5.32 Å². The number of oxime groups is 1. The fraction of sp³-hybridized carbons (Fsp3) is 0.357. The summed E-state index contributed by atoms with van der Waals surface area (Å²) in [5.74, 6) is -1.15. The summed E-state index contributed by atoms with van der Waals surface area (Å²) in [5.41, 5.74) is 0.820. The Labute approximate surface area is 135 Å². The van der Waals surface area contributed by atoms with E-state index in [0.29, 0.717) is 11.0 Å². The second kappa shape index (κ2) is 7.79. The molecule has 8 heteroatoms. The zero-order chi connectivity index (χ0) is 15.9. The lowest BCUT2D eigenvalue weighted by atomic mass is 10.1. The summed E-state index contributed by atoms with van der Waals surface area (Å²) >= 11 is 3.17. The maximum absolute atomic E-state index is 11.7. The average molecular weight is 371 g/mol. The van der Waals surface area contributed by atoms with Gasteiger partial charge >= 0.3 is 12.1 Å². The number of hydrogen-bond donors (Lipinski definition) is 2. The van der Waals surface area contributed by atoms with Crippen molar-refractivity contribution >= 4 is 32.6 Å². The molecule has 0 bridgehead atoms. The molecule has 7 nitrogen and oxygen atoms in total. The highest BCUT2D eigenvalue weighted by Crippen LogP contribution is 2.18. The normalized spacial score (nSPS) is 18.0. The summed E-state index contributed by atoms with van der Waals surface area (Å²) in [5, 5.41) is 15.2. The third-order valence-corrected chi connectivity index (χ3v) is 3.47. The van der Waals surface area contributed by atoms with Crippen LogP contribution < -0.4 is 5.32 Å². The van der Waals surface area contributed by atoms with Crippen LogP contribution in [0, 0.1) is 0 Å². The molecular formula is C14H15BrN2O5. The minimum absolute atomic E-state index is 0.0770. The van der Waals surface area contributed by atoms with E-state index < -0.39 is 18.1 Å². The van der Waals surface area contributed by atoms with E-state index in [-0.39, 0.29) is 19.1 Å². The molecule has 0 saturated heterocycles. The summed E-state index contributed by atoms with van der Waals surface area (Å²) < 4.78 is 5.62. The molecule has 1 aromatic rings. The van der Waals surface area contributed by atoms with Crippen LogP contribution in [0.5, 0.6) is 0 Å². The topological polar surface area (TPSA) is 97.2 Å². The molecule has 0 aliphatic carbocycles. The first-order valence-electron chi connectivity index (χ1n) is 6.63. The standard InChI is InChI=1S/C14H15BrN2O5/c15-12-7-10(22-17-12)6-11(13(18)19)16-14(20)21-8-9-4-2-1-3-5-9/h1-5,10-11H,6-8H2,(H,16,20)(H,18,19)/t10?,11-/m0/s1. The van der Waals surface area contributed by atoms with Crippen molar-refractivity contribution < 1.29 is 24.3 Å². The highest BCUT2D eigenvalue weighted by atomic mass is 79.9. The van der Waals surface area contributed by atoms with Gasteiger partial charge in [-0.25, -0.2) is 9.59 Å². The molecule has 0 spiro atoms. The molecule has 22 heavy (non-hydrogen) atoms. The van der Waals surface area contributed by atoms with E-state index in [2.05, 4.69) is 26.4 Å². The number of carbonyl (C=O) groups excluding carboxylic acids is 1. The van der Waals surface area contributed by atoms with Crippen molar-refractivity contribution in [2.45, 2.75) is 31.6 Å². The number of hydrogen-bond acceptors (Lipinski definition) is 5. The summed E-state index contributed by atoms with van der Waals surface area (Å²) in [4.78, 5) is 27.9. The Kier molecular flexibility index (Phi) is 5.76. The van der Waals surface area contributed by atoms with Crippen molar-refractivity contribution in [3.63, 3.8) is 0 Å². The van der Waals surface area contributed by atoms with Crippen LogP contribution in [0.4, 0.5) is 4.79 Å². The predicted octanol–water partition coefficient (Wildman–Crippen LogP) is 2.25. The van der Waals surface area contributed by atoms with Crippen LogP contribution >= 0.6 is 15.9 Å². The number of carboxylic acids is 1. The van der Waals surface area contributed by atoms with E-state index in [9.17, 15) is 9.59 Å². The van der Waals surface area contributed by atoms with Crippen LogP contribution in [0.25, 0.3) is 0 Å². The number of aliphatic carboxylic acids is 1. The van der Waals surface area contributed by atoms with Crippen molar-refractivity contribution in [2.75, 3.05) is 0 Å². The van der Waals surface area contributed by atoms with Gasteiger partial charge in [-0.1, -0.05) is 35.5 Å². The molecule has 1 aliphatic rings. The Bertz CT molecular complexity index is 564. The quantitative estimate of drug-likeness (QED) is 0.800. The Hall–Kier alpha value is -2.09. The van der Waals surface area contributed by atoms with E-state index >= 15 is 0 Å². The molecule has 2 rings (SSSR count). The summed E-state index contributed by atoms with van der Waals surface area (Å²) in [6.07, 6.45) is -0.585. The van der Waals surface area contributed by atoms with Crippen LogP contribution in [0.1, 0.15) is 18.4 Å². The van der Waals surface area contributed by atoms with Crippen LogP contribution in [-0.4, -0.2) is 33.9 Å². The van der Waals surface area contributed by atoms with Gasteiger partial charge in [-0.05, 0) is 21.5 Å². The third-order valence-electron chi connectivity index (χ3n) is 3.00. The van der Waals surface area contributed by atoms with E-state index in [1.54, 1.807) is 0 Å². The van der Waals surface area contributed by atoms with Gasteiger partial charge in [0.1, 0.15) is 23.4 Å². The molecule has 0 aromatic heterocycles. The maximum Gasteiger partial charge on any atom is 0.408 e. The molecule has 0 radical (unpaired) electrons. The number of carbonyl (C=O) groups is 2. The number of rotatable bonds is 6. The number of alkyl carbamates (subject to hydrolysis) is 1. The SMILES string of the molecule is O=C(N[C@@H](CC1CC(Br)=NO1)C(=O)O)OCc1ccccc1. The van der Waals surface area contributed by atoms with Gasteiger partial charge in [0.25, 0.3) is 0 Å². The minimum Gasteiger partial charge on any atom is -0.480 e. The zero-order valence-electron chi connectivity index (χ0n) is 11.6. The molecule has 1 heterocycles. The minimum atomic E-state index is -1.15. The second-order valence-corrected chi connectivity index (χ2v) is 5.65. The molecule has 2 N–H and O–H groups in total. The fourth-order valence-electron chi connectivity index (χ4n) is 1.91.